The van der Waals surface area contributed by atoms with Gasteiger partial charge in [0.2, 0.25) is 0 Å². The van der Waals surface area contributed by atoms with E-state index in [4.69, 9.17) is 5.84 Å². The lowest BCUT2D eigenvalue weighted by Crippen LogP contribution is -3.07. The van der Waals surface area contributed by atoms with Crippen molar-refractivity contribution in [2.24, 2.45) is 10.9 Å². The monoisotopic (exact) mass is 346 g/mol. The molecule has 0 saturated carbocycles. The van der Waals surface area contributed by atoms with Gasteiger partial charge in [-0.3, -0.25) is 0 Å². The molecular formula is C18H39ClN4. The van der Waals surface area contributed by atoms with Gasteiger partial charge in [-0.25, -0.2) is 10.9 Å². The Bertz CT molecular complexity index is 274. The molecule has 0 saturated heterocycles. The van der Waals surface area contributed by atoms with Gasteiger partial charge in [0.25, 0.3) is 0 Å². The number of quaternary nitrogens is 1. The summed E-state index contributed by atoms with van der Waals surface area (Å²) in [6, 6.07) is 0. The van der Waals surface area contributed by atoms with Crippen LogP contribution < -0.4 is 23.3 Å². The zero-order valence-corrected chi connectivity index (χ0v) is 16.0. The quantitative estimate of drug-likeness (QED) is 0.334. The lowest BCUT2D eigenvalue weighted by molar-refractivity contribution is -0.908. The molecule has 23 heavy (non-hydrogen) atoms. The molecule has 0 radical (unpaired) electrons. The Morgan fingerprint density at radius 3 is 1.65 bits per heavy atom. The topological polar surface area (TPSA) is 46.1 Å². The zero-order valence-electron chi connectivity index (χ0n) is 15.2. The second-order valence-corrected chi connectivity index (χ2v) is 6.83. The average Bonchev–Trinajstić information content (AvgIpc) is 2.93. The van der Waals surface area contributed by atoms with Gasteiger partial charge in [0.1, 0.15) is 6.54 Å². The lowest BCUT2D eigenvalue weighted by atomic mass is 10.0. The molecule has 0 aromatic carbocycles. The Kier molecular flexibility index (Phi) is 16.3. The van der Waals surface area contributed by atoms with Crippen molar-refractivity contribution in [2.45, 2.75) is 96.8 Å². The van der Waals surface area contributed by atoms with Crippen molar-refractivity contribution in [1.82, 2.24) is 5.01 Å². The molecule has 1 atom stereocenters. The molecule has 0 aromatic rings. The molecule has 0 spiro atoms. The molecule has 0 bridgehead atoms. The second-order valence-electron chi connectivity index (χ2n) is 6.83. The van der Waals surface area contributed by atoms with Crippen LogP contribution in [0.3, 0.4) is 0 Å². The Labute approximate surface area is 150 Å². The molecule has 1 aliphatic heterocycles. The van der Waals surface area contributed by atoms with Gasteiger partial charge in [-0.05, 0) is 12.8 Å². The molecule has 1 aliphatic rings. The van der Waals surface area contributed by atoms with E-state index in [1.165, 1.54) is 94.9 Å². The SMILES string of the molecule is CCCCCCCCCCCCCCCC[NH+]1CN(N)C=N1.[Cl-]. The Hall–Kier alpha value is -0.320. The molecule has 1 heterocycles. The van der Waals surface area contributed by atoms with Gasteiger partial charge >= 0.3 is 0 Å². The van der Waals surface area contributed by atoms with Crippen molar-refractivity contribution in [3.8, 4) is 0 Å². The van der Waals surface area contributed by atoms with E-state index < -0.39 is 0 Å². The number of hydrogen-bond donors (Lipinski definition) is 2. The first-order chi connectivity index (χ1) is 10.8. The first-order valence-electron chi connectivity index (χ1n) is 9.73. The van der Waals surface area contributed by atoms with Crippen LogP contribution in [0.2, 0.25) is 0 Å². The number of halogens is 1. The third-order valence-corrected chi connectivity index (χ3v) is 4.57. The third kappa shape index (κ3) is 13.8. The highest BCUT2D eigenvalue weighted by atomic mass is 35.5. The first kappa shape index (κ1) is 22.7. The molecule has 0 aromatic heterocycles. The summed E-state index contributed by atoms with van der Waals surface area (Å²) >= 11 is 0. The van der Waals surface area contributed by atoms with E-state index in [0.717, 1.165) is 13.2 Å². The fourth-order valence-corrected chi connectivity index (χ4v) is 3.12. The molecule has 1 unspecified atom stereocenters. The van der Waals surface area contributed by atoms with Crippen LogP contribution in [0, 0.1) is 0 Å². The fraction of sp³-hybridized carbons (Fsp3) is 0.944. The summed E-state index contributed by atoms with van der Waals surface area (Å²) in [5, 5.41) is 7.23. The van der Waals surface area contributed by atoms with Gasteiger partial charge in [0.15, 0.2) is 13.0 Å². The first-order valence-corrected chi connectivity index (χ1v) is 9.73. The van der Waals surface area contributed by atoms with E-state index in [9.17, 15) is 0 Å². The number of nitrogens with one attached hydrogen (secondary N) is 1. The number of unbranched alkanes of at least 4 members (excludes halogenated alkanes) is 13. The number of nitrogens with two attached hydrogens (primary N) is 1. The molecule has 3 N–H and O–H groups in total. The molecule has 0 aliphatic carbocycles. The van der Waals surface area contributed by atoms with E-state index in [0.29, 0.717) is 0 Å². The highest BCUT2D eigenvalue weighted by Gasteiger charge is 2.14. The maximum absolute atomic E-state index is 5.64. The van der Waals surface area contributed by atoms with E-state index in [2.05, 4.69) is 12.0 Å². The molecule has 1 rings (SSSR count). The van der Waals surface area contributed by atoms with Gasteiger partial charge in [0.05, 0.1) is 0 Å². The maximum atomic E-state index is 5.64. The highest BCUT2D eigenvalue weighted by molar-refractivity contribution is 5.53. The number of nitrogens with zero attached hydrogens (tertiary/aromatic N) is 2. The van der Waals surface area contributed by atoms with Crippen LogP contribution in [-0.2, 0) is 0 Å². The van der Waals surface area contributed by atoms with Gasteiger partial charge < -0.3 is 12.4 Å². The van der Waals surface area contributed by atoms with Crippen molar-refractivity contribution >= 4 is 6.34 Å². The van der Waals surface area contributed by atoms with Gasteiger partial charge in [-0.2, -0.15) is 5.01 Å². The summed E-state index contributed by atoms with van der Waals surface area (Å²) < 4.78 is 0. The van der Waals surface area contributed by atoms with Crippen molar-refractivity contribution in [3.05, 3.63) is 0 Å². The smallest absolute Gasteiger partial charge is 0.191 e. The Balaban J connectivity index is 0.00000484. The minimum Gasteiger partial charge on any atom is -1.00 e. The van der Waals surface area contributed by atoms with Crippen LogP contribution in [0.1, 0.15) is 96.8 Å². The molecule has 0 amide bonds. The Morgan fingerprint density at radius 1 is 0.826 bits per heavy atom. The second kappa shape index (κ2) is 16.5. The molecule has 0 fully saturated rings. The minimum absolute atomic E-state index is 0. The highest BCUT2D eigenvalue weighted by Crippen LogP contribution is 2.12. The summed E-state index contributed by atoms with van der Waals surface area (Å²) in [6.07, 6.45) is 21.6. The largest absolute Gasteiger partial charge is 1.00 e. The van der Waals surface area contributed by atoms with Crippen molar-refractivity contribution in [1.29, 1.82) is 0 Å². The third-order valence-electron chi connectivity index (χ3n) is 4.57. The van der Waals surface area contributed by atoms with Gasteiger partial charge in [-0.15, -0.1) is 0 Å². The molecule has 4 nitrogen and oxygen atoms in total. The van der Waals surface area contributed by atoms with Crippen molar-refractivity contribution in [2.75, 3.05) is 13.2 Å². The summed E-state index contributed by atoms with van der Waals surface area (Å²) in [5.74, 6) is 5.64. The maximum Gasteiger partial charge on any atom is 0.191 e. The van der Waals surface area contributed by atoms with Gasteiger partial charge in [-0.1, -0.05) is 89.1 Å². The van der Waals surface area contributed by atoms with Crippen LogP contribution >= 0.6 is 0 Å². The standard InChI is InChI=1S/C18H38N4.ClH/c1-2-3-4-5-6-7-8-9-10-11-12-13-14-15-16-22-18-21(19)17-20-22;/h17H,2-16,18-19H2,1H3;1H. The number of hydrazine groups is 1. The van der Waals surface area contributed by atoms with E-state index in [1.807, 2.05) is 0 Å². The van der Waals surface area contributed by atoms with E-state index >= 15 is 0 Å². The van der Waals surface area contributed by atoms with Crippen LogP contribution in [-0.4, -0.2) is 24.6 Å². The summed E-state index contributed by atoms with van der Waals surface area (Å²) in [6.45, 7) is 4.25. The predicted octanol–water partition coefficient (Wildman–Crippen LogP) is 0.447. The summed E-state index contributed by atoms with van der Waals surface area (Å²) in [4.78, 5) is 0. The minimum atomic E-state index is 0. The molecule has 138 valence electrons. The lowest BCUT2D eigenvalue weighted by Gasteiger charge is -2.09. The van der Waals surface area contributed by atoms with Gasteiger partial charge in [0, 0.05) is 0 Å². The van der Waals surface area contributed by atoms with Crippen LogP contribution in [0.25, 0.3) is 0 Å². The summed E-state index contributed by atoms with van der Waals surface area (Å²) in [7, 11) is 0. The van der Waals surface area contributed by atoms with Crippen LogP contribution in [0.15, 0.2) is 5.10 Å². The number of hydrogen-bond acceptors (Lipinski definition) is 3. The fourth-order valence-electron chi connectivity index (χ4n) is 3.12. The van der Waals surface area contributed by atoms with Crippen LogP contribution in [0.4, 0.5) is 0 Å². The normalized spacial score (nSPS) is 16.8. The van der Waals surface area contributed by atoms with E-state index in [1.54, 1.807) is 11.3 Å². The Morgan fingerprint density at radius 2 is 1.26 bits per heavy atom. The zero-order chi connectivity index (χ0) is 15.9. The molecule has 5 heteroatoms. The number of rotatable bonds is 15. The van der Waals surface area contributed by atoms with Crippen LogP contribution in [0.5, 0.6) is 0 Å². The van der Waals surface area contributed by atoms with Crippen molar-refractivity contribution in [3.63, 3.8) is 0 Å². The van der Waals surface area contributed by atoms with E-state index in [-0.39, 0.29) is 12.4 Å². The predicted molar refractivity (Wildman–Crippen MR) is 95.5 cm³/mol. The van der Waals surface area contributed by atoms with Crippen molar-refractivity contribution < 1.29 is 17.4 Å². The molecular weight excluding hydrogens is 308 g/mol. The average molecular weight is 347 g/mol. The summed E-state index contributed by atoms with van der Waals surface area (Å²) in [5.41, 5.74) is 0.